The first-order valence-electron chi connectivity index (χ1n) is 24.7. The molecule has 1 aromatic carbocycles. The predicted octanol–water partition coefficient (Wildman–Crippen LogP) is 5.43. The van der Waals surface area contributed by atoms with Crippen molar-refractivity contribution in [2.24, 2.45) is 5.92 Å². The van der Waals surface area contributed by atoms with Gasteiger partial charge in [0.1, 0.15) is 42.0 Å². The number of rotatable bonds is 24. The fourth-order valence-corrected chi connectivity index (χ4v) is 9.02. The molecule has 1 aliphatic heterocycles. The Kier molecular flexibility index (Phi) is 22.6. The number of esters is 1. The van der Waals surface area contributed by atoms with Gasteiger partial charge in [0, 0.05) is 19.6 Å². The molecule has 1 heterocycles. The molecule has 19 heteroatoms. The lowest BCUT2D eigenvalue weighted by molar-refractivity contribution is -0.145. The summed E-state index contributed by atoms with van der Waals surface area (Å²) in [5.74, 6) is -3.42. The maximum absolute atomic E-state index is 14.2. The third-order valence-corrected chi connectivity index (χ3v) is 13.0. The number of amides is 7. The lowest BCUT2D eigenvalue weighted by atomic mass is 9.86. The number of likely N-dealkylation sites (tertiary alicyclic amines) is 1. The minimum atomic E-state index is -1.08. The van der Waals surface area contributed by atoms with Crippen LogP contribution in [0.3, 0.4) is 0 Å². The zero-order valence-electron chi connectivity index (χ0n) is 40.9. The van der Waals surface area contributed by atoms with Gasteiger partial charge in [0.2, 0.25) is 23.6 Å². The van der Waals surface area contributed by atoms with Crippen molar-refractivity contribution >= 4 is 47.9 Å². The second-order valence-electron chi connectivity index (χ2n) is 19.2. The highest BCUT2D eigenvalue weighted by Gasteiger charge is 2.40. The third kappa shape index (κ3) is 18.8. The SMILES string of the molecule is COC(=O)[C@H](CCCCNC(=O)OC1(C)CCCCC1)NC(=O)CNC(=O)[C@@H](NC(=O)[C@@H]1CCCN1C(=O)[C@H](CCCCNC(=O)OC1(C)CCCCC1)NC(=O)OCc1ccccc1)C(C)C. The van der Waals surface area contributed by atoms with Gasteiger partial charge in [-0.2, -0.15) is 0 Å². The largest absolute Gasteiger partial charge is 0.467 e. The Bertz CT molecular complexity index is 1820. The van der Waals surface area contributed by atoms with Gasteiger partial charge in [-0.25, -0.2) is 19.2 Å². The van der Waals surface area contributed by atoms with E-state index in [1.54, 1.807) is 26.0 Å². The molecule has 7 amide bonds. The predicted molar refractivity (Wildman–Crippen MR) is 252 cm³/mol. The minimum absolute atomic E-state index is 0.0163. The highest BCUT2D eigenvalue weighted by atomic mass is 16.6. The van der Waals surface area contributed by atoms with E-state index in [2.05, 4.69) is 31.9 Å². The average Bonchev–Trinajstić information content (AvgIpc) is 3.81. The molecule has 1 saturated heterocycles. The Morgan fingerprint density at radius 1 is 0.676 bits per heavy atom. The van der Waals surface area contributed by atoms with Crippen LogP contribution in [-0.2, 0) is 49.5 Å². The molecule has 1 aromatic rings. The van der Waals surface area contributed by atoms with Crippen molar-refractivity contribution in [3.05, 3.63) is 35.9 Å². The quantitative estimate of drug-likeness (QED) is 0.0432. The molecule has 68 heavy (non-hydrogen) atoms. The molecule has 4 atom stereocenters. The molecule has 3 fully saturated rings. The van der Waals surface area contributed by atoms with E-state index in [0.29, 0.717) is 51.6 Å². The van der Waals surface area contributed by atoms with Gasteiger partial charge < -0.3 is 55.7 Å². The molecule has 0 aromatic heterocycles. The molecule has 2 saturated carbocycles. The van der Waals surface area contributed by atoms with Gasteiger partial charge in [-0.15, -0.1) is 0 Å². The molecular weight excluding hydrogens is 879 g/mol. The normalized spacial score (nSPS) is 18.7. The van der Waals surface area contributed by atoms with Crippen LogP contribution < -0.4 is 31.9 Å². The molecule has 19 nitrogen and oxygen atoms in total. The second kappa shape index (κ2) is 28.0. The van der Waals surface area contributed by atoms with Gasteiger partial charge in [0.05, 0.1) is 13.7 Å². The van der Waals surface area contributed by atoms with Crippen molar-refractivity contribution in [3.63, 3.8) is 0 Å². The fourth-order valence-electron chi connectivity index (χ4n) is 9.02. The number of methoxy groups -OCH3 is 1. The van der Waals surface area contributed by atoms with Crippen LogP contribution in [0.2, 0.25) is 0 Å². The number of nitrogens with one attached hydrogen (secondary N) is 6. The van der Waals surface area contributed by atoms with E-state index < -0.39 is 95.7 Å². The Balaban J connectivity index is 1.27. The molecule has 0 bridgehead atoms. The second-order valence-corrected chi connectivity index (χ2v) is 19.2. The summed E-state index contributed by atoms with van der Waals surface area (Å²) in [5.41, 5.74) is -0.186. The summed E-state index contributed by atoms with van der Waals surface area (Å²) in [6.45, 7) is 7.70. The summed E-state index contributed by atoms with van der Waals surface area (Å²) in [5, 5.41) is 16.2. The van der Waals surface area contributed by atoms with Crippen molar-refractivity contribution in [2.75, 3.05) is 33.3 Å². The van der Waals surface area contributed by atoms with Gasteiger partial charge >= 0.3 is 24.2 Å². The number of carbonyl (C=O) groups is 8. The standard InChI is InChI=1S/C49H77N7O12/c1-34(2)40(42(59)52-32-39(57)53-37(44(61)65-5)23-12-18-30-51-46(63)68-49(4)27-15-8-16-28-49)55-41(58)38-24-19-31-56(38)43(60)36(54-47(64)66-33-35-20-9-6-10-21-35)22-11-17-29-50-45(62)67-48(3)25-13-7-14-26-48/h6,9-10,20-21,34,36-38,40H,7-8,11-19,22-33H2,1-5H3,(H,50,62)(H,51,63)(H,52,59)(H,53,57)(H,54,64)(H,55,58)/t36-,37-,38-,40-/m0/s1. The van der Waals surface area contributed by atoms with Gasteiger partial charge in [-0.3, -0.25) is 19.2 Å². The monoisotopic (exact) mass is 956 g/mol. The van der Waals surface area contributed by atoms with Gasteiger partial charge in [0.25, 0.3) is 0 Å². The molecule has 6 N–H and O–H groups in total. The lowest BCUT2D eigenvalue weighted by Crippen LogP contribution is -2.58. The Hall–Kier alpha value is -5.62. The van der Waals surface area contributed by atoms with E-state index in [-0.39, 0.29) is 26.0 Å². The number of benzene rings is 1. The van der Waals surface area contributed by atoms with Crippen LogP contribution in [0.5, 0.6) is 0 Å². The summed E-state index contributed by atoms with van der Waals surface area (Å²) in [4.78, 5) is 106. The molecular formula is C49H77N7O12. The number of carbonyl (C=O) groups excluding carboxylic acids is 8. The highest BCUT2D eigenvalue weighted by Crippen LogP contribution is 2.32. The highest BCUT2D eigenvalue weighted by molar-refractivity contribution is 5.95. The maximum atomic E-state index is 14.2. The summed E-state index contributed by atoms with van der Waals surface area (Å²) >= 11 is 0. The first-order chi connectivity index (χ1) is 32.5. The van der Waals surface area contributed by atoms with Crippen molar-refractivity contribution in [3.8, 4) is 0 Å². The number of unbranched alkanes of at least 4 members (excludes halogenated alkanes) is 2. The third-order valence-electron chi connectivity index (χ3n) is 13.0. The van der Waals surface area contributed by atoms with Crippen molar-refractivity contribution in [1.82, 2.24) is 36.8 Å². The summed E-state index contributed by atoms with van der Waals surface area (Å²) in [6.07, 6.45) is 11.0. The van der Waals surface area contributed by atoms with E-state index in [4.69, 9.17) is 18.9 Å². The molecule has 0 spiro atoms. The van der Waals surface area contributed by atoms with Crippen LogP contribution in [0.15, 0.2) is 30.3 Å². The van der Waals surface area contributed by atoms with E-state index >= 15 is 0 Å². The first-order valence-corrected chi connectivity index (χ1v) is 24.7. The zero-order valence-corrected chi connectivity index (χ0v) is 40.9. The van der Waals surface area contributed by atoms with Crippen LogP contribution in [0.1, 0.15) is 149 Å². The van der Waals surface area contributed by atoms with Crippen LogP contribution in [0.4, 0.5) is 14.4 Å². The van der Waals surface area contributed by atoms with Crippen LogP contribution in [-0.4, -0.2) is 121 Å². The van der Waals surface area contributed by atoms with Crippen molar-refractivity contribution in [2.45, 2.75) is 185 Å². The van der Waals surface area contributed by atoms with Gasteiger partial charge in [-0.1, -0.05) is 57.0 Å². The molecule has 4 rings (SSSR count). The minimum Gasteiger partial charge on any atom is -0.467 e. The molecule has 3 aliphatic rings. The van der Waals surface area contributed by atoms with E-state index in [9.17, 15) is 38.4 Å². The Morgan fingerprint density at radius 3 is 1.78 bits per heavy atom. The number of hydrogen-bond acceptors (Lipinski definition) is 12. The maximum Gasteiger partial charge on any atom is 0.408 e. The smallest absolute Gasteiger partial charge is 0.408 e. The number of ether oxygens (including phenoxy) is 4. The van der Waals surface area contributed by atoms with Gasteiger partial charge in [-0.05, 0) is 128 Å². The number of nitrogens with zero attached hydrogens (tertiary/aromatic N) is 1. The van der Waals surface area contributed by atoms with Crippen LogP contribution in [0, 0.1) is 5.92 Å². The molecule has 380 valence electrons. The molecule has 2 aliphatic carbocycles. The van der Waals surface area contributed by atoms with Gasteiger partial charge in [0.15, 0.2) is 0 Å². The number of alkyl carbamates (subject to hydrolysis) is 3. The Labute approximate surface area is 401 Å². The summed E-state index contributed by atoms with van der Waals surface area (Å²) in [6, 6.07) is 5.02. The first kappa shape index (κ1) is 55.0. The lowest BCUT2D eigenvalue weighted by Gasteiger charge is -2.33. The number of hydrogen-bond donors (Lipinski definition) is 6. The van der Waals surface area contributed by atoms with Crippen molar-refractivity contribution in [1.29, 1.82) is 0 Å². The van der Waals surface area contributed by atoms with E-state index in [1.165, 1.54) is 12.0 Å². The summed E-state index contributed by atoms with van der Waals surface area (Å²) < 4.78 is 21.7. The fraction of sp³-hybridized carbons (Fsp3) is 0.714. The summed E-state index contributed by atoms with van der Waals surface area (Å²) in [7, 11) is 1.21. The van der Waals surface area contributed by atoms with Crippen LogP contribution in [0.25, 0.3) is 0 Å². The molecule has 0 unspecified atom stereocenters. The van der Waals surface area contributed by atoms with E-state index in [1.807, 2.05) is 32.0 Å². The topological polar surface area (TPSA) is 249 Å². The zero-order chi connectivity index (χ0) is 49.5. The van der Waals surface area contributed by atoms with E-state index in [0.717, 1.165) is 69.8 Å². The Morgan fingerprint density at radius 2 is 1.24 bits per heavy atom. The van der Waals surface area contributed by atoms with Crippen LogP contribution >= 0.6 is 0 Å². The average molecular weight is 956 g/mol. The molecule has 0 radical (unpaired) electrons. The van der Waals surface area contributed by atoms with Crippen molar-refractivity contribution < 1.29 is 57.3 Å².